The molecule has 112 valence electrons. The summed E-state index contributed by atoms with van der Waals surface area (Å²) in [6.45, 7) is 0. The van der Waals surface area contributed by atoms with Crippen LogP contribution >= 0.6 is 15.9 Å². The molecule has 0 aromatic heterocycles. The van der Waals surface area contributed by atoms with Crippen molar-refractivity contribution in [2.24, 2.45) is 0 Å². The minimum absolute atomic E-state index is 0.226. The molecule has 6 heteroatoms. The van der Waals surface area contributed by atoms with E-state index in [2.05, 4.69) is 22.0 Å². The molecule has 2 rings (SSSR count). The fourth-order valence-electron chi connectivity index (χ4n) is 2.77. The fourth-order valence-corrected chi connectivity index (χ4v) is 3.17. The molecule has 0 N–H and O–H groups in total. The largest absolute Gasteiger partial charge is 0.323 e. The van der Waals surface area contributed by atoms with E-state index in [0.29, 0.717) is 12.8 Å². The van der Waals surface area contributed by atoms with E-state index in [1.807, 2.05) is 0 Å². The van der Waals surface area contributed by atoms with Gasteiger partial charge in [0.15, 0.2) is 0 Å². The number of hydrogen-bond donors (Lipinski definition) is 0. The van der Waals surface area contributed by atoms with E-state index < -0.39 is 28.6 Å². The molecule has 0 aliphatic heterocycles. The van der Waals surface area contributed by atoms with Gasteiger partial charge in [0.25, 0.3) is 5.91 Å². The van der Waals surface area contributed by atoms with Crippen molar-refractivity contribution in [2.75, 3.05) is 7.05 Å². The zero-order valence-corrected chi connectivity index (χ0v) is 13.2. The number of halogens is 3. The Bertz CT molecular complexity index is 583. The number of amides is 1. The molecular weight excluding hydrogens is 342 g/mol. The van der Waals surface area contributed by atoms with Gasteiger partial charge in [-0.3, -0.25) is 4.79 Å². The topological polar surface area (TPSA) is 44.1 Å². The molecule has 3 nitrogen and oxygen atoms in total. The molecule has 1 aliphatic carbocycles. The van der Waals surface area contributed by atoms with Gasteiger partial charge in [0.1, 0.15) is 22.7 Å². The first kappa shape index (κ1) is 15.9. The van der Waals surface area contributed by atoms with Crippen LogP contribution in [0.2, 0.25) is 0 Å². The van der Waals surface area contributed by atoms with Crippen LogP contribution in [0, 0.1) is 23.0 Å². The maximum absolute atomic E-state index is 13.9. The third-order valence-electron chi connectivity index (χ3n) is 4.06. The minimum Gasteiger partial charge on any atom is -0.323 e. The molecular formula is C15H15BrF2N2O. The van der Waals surface area contributed by atoms with E-state index in [1.165, 1.54) is 11.9 Å². The van der Waals surface area contributed by atoms with E-state index >= 15 is 0 Å². The Morgan fingerprint density at radius 1 is 1.29 bits per heavy atom. The molecule has 0 unspecified atom stereocenters. The molecule has 1 amide bonds. The standard InChI is InChI=1S/C15H15BrF2N2O/c1-20(15(9-19)5-3-2-4-6-15)14(21)13-11(17)7-10(16)8-12(13)18/h7-8H,2-6H2,1H3. The predicted octanol–water partition coefficient (Wildman–Crippen LogP) is 4.03. The van der Waals surface area contributed by atoms with Crippen molar-refractivity contribution in [2.45, 2.75) is 37.6 Å². The van der Waals surface area contributed by atoms with Gasteiger partial charge in [-0.1, -0.05) is 35.2 Å². The van der Waals surface area contributed by atoms with Gasteiger partial charge in [-0.15, -0.1) is 0 Å². The van der Waals surface area contributed by atoms with Crippen molar-refractivity contribution < 1.29 is 13.6 Å². The fraction of sp³-hybridized carbons (Fsp3) is 0.467. The summed E-state index contributed by atoms with van der Waals surface area (Å²) >= 11 is 2.98. The first-order valence-electron chi connectivity index (χ1n) is 6.75. The summed E-state index contributed by atoms with van der Waals surface area (Å²) in [5.74, 6) is -2.65. The lowest BCUT2D eigenvalue weighted by molar-refractivity contribution is 0.0579. The Hall–Kier alpha value is -1.48. The van der Waals surface area contributed by atoms with Crippen LogP contribution in [0.25, 0.3) is 0 Å². The second-order valence-corrected chi connectivity index (χ2v) is 6.23. The van der Waals surface area contributed by atoms with Crippen LogP contribution in [0.3, 0.4) is 0 Å². The lowest BCUT2D eigenvalue weighted by atomic mass is 9.81. The van der Waals surface area contributed by atoms with Crippen LogP contribution in [0.4, 0.5) is 8.78 Å². The van der Waals surface area contributed by atoms with E-state index in [0.717, 1.165) is 31.4 Å². The summed E-state index contributed by atoms with van der Waals surface area (Å²) in [4.78, 5) is 13.6. The van der Waals surface area contributed by atoms with Gasteiger partial charge >= 0.3 is 0 Å². The molecule has 21 heavy (non-hydrogen) atoms. The first-order chi connectivity index (χ1) is 9.91. The van der Waals surface area contributed by atoms with Crippen molar-refractivity contribution >= 4 is 21.8 Å². The average Bonchev–Trinajstić information content (AvgIpc) is 2.46. The van der Waals surface area contributed by atoms with Crippen LogP contribution < -0.4 is 0 Å². The Kier molecular flexibility index (Phi) is 4.62. The smallest absolute Gasteiger partial charge is 0.260 e. The van der Waals surface area contributed by atoms with Crippen molar-refractivity contribution in [3.63, 3.8) is 0 Å². The summed E-state index contributed by atoms with van der Waals surface area (Å²) < 4.78 is 28.1. The quantitative estimate of drug-likeness (QED) is 0.802. The third kappa shape index (κ3) is 2.93. The summed E-state index contributed by atoms with van der Waals surface area (Å²) in [7, 11) is 1.44. The second-order valence-electron chi connectivity index (χ2n) is 5.31. The van der Waals surface area contributed by atoms with Crippen LogP contribution in [-0.4, -0.2) is 23.4 Å². The third-order valence-corrected chi connectivity index (χ3v) is 4.51. The molecule has 0 saturated heterocycles. The normalized spacial score (nSPS) is 17.1. The molecule has 1 aliphatic rings. The van der Waals surface area contributed by atoms with Gasteiger partial charge in [-0.2, -0.15) is 5.26 Å². The molecule has 0 radical (unpaired) electrons. The molecule has 1 saturated carbocycles. The van der Waals surface area contributed by atoms with Crippen LogP contribution in [-0.2, 0) is 0 Å². The van der Waals surface area contributed by atoms with Gasteiger partial charge in [0, 0.05) is 11.5 Å². The maximum atomic E-state index is 13.9. The number of hydrogen-bond acceptors (Lipinski definition) is 2. The molecule has 1 fully saturated rings. The number of nitriles is 1. The Balaban J connectivity index is 2.38. The van der Waals surface area contributed by atoms with E-state index in [-0.39, 0.29) is 4.47 Å². The molecule has 1 aromatic carbocycles. The van der Waals surface area contributed by atoms with Crippen molar-refractivity contribution in [1.82, 2.24) is 4.90 Å². The summed E-state index contributed by atoms with van der Waals surface area (Å²) in [6.07, 6.45) is 3.73. The highest BCUT2D eigenvalue weighted by atomic mass is 79.9. The highest BCUT2D eigenvalue weighted by molar-refractivity contribution is 9.10. The zero-order chi connectivity index (χ0) is 15.6. The van der Waals surface area contributed by atoms with Crippen LogP contribution in [0.15, 0.2) is 16.6 Å². The number of nitrogens with zero attached hydrogens (tertiary/aromatic N) is 2. The SMILES string of the molecule is CN(C(=O)c1c(F)cc(Br)cc1F)C1(C#N)CCCCC1. The van der Waals surface area contributed by atoms with Gasteiger partial charge < -0.3 is 4.90 Å². The lowest BCUT2D eigenvalue weighted by Crippen LogP contribution is -2.50. The monoisotopic (exact) mass is 356 g/mol. The van der Waals surface area contributed by atoms with Crippen LogP contribution in [0.5, 0.6) is 0 Å². The van der Waals surface area contributed by atoms with E-state index in [1.54, 1.807) is 0 Å². The van der Waals surface area contributed by atoms with Gasteiger partial charge in [-0.05, 0) is 25.0 Å². The van der Waals surface area contributed by atoms with Gasteiger partial charge in [0.2, 0.25) is 0 Å². The Labute approximate surface area is 130 Å². The summed E-state index contributed by atoms with van der Waals surface area (Å²) in [5, 5.41) is 9.45. The zero-order valence-electron chi connectivity index (χ0n) is 11.6. The number of carbonyl (C=O) groups excluding carboxylic acids is 1. The van der Waals surface area contributed by atoms with Crippen molar-refractivity contribution in [3.05, 3.63) is 33.8 Å². The van der Waals surface area contributed by atoms with Gasteiger partial charge in [-0.25, -0.2) is 8.78 Å². The van der Waals surface area contributed by atoms with Gasteiger partial charge in [0.05, 0.1) is 6.07 Å². The van der Waals surface area contributed by atoms with E-state index in [9.17, 15) is 18.8 Å². The highest BCUT2D eigenvalue weighted by Gasteiger charge is 2.40. The summed E-state index contributed by atoms with van der Waals surface area (Å²) in [5.41, 5.74) is -1.58. The van der Waals surface area contributed by atoms with Crippen molar-refractivity contribution in [1.29, 1.82) is 5.26 Å². The molecule has 1 aromatic rings. The number of carbonyl (C=O) groups is 1. The molecule has 0 heterocycles. The van der Waals surface area contributed by atoms with Crippen molar-refractivity contribution in [3.8, 4) is 6.07 Å². The molecule has 0 bridgehead atoms. The Morgan fingerprint density at radius 2 is 1.81 bits per heavy atom. The predicted molar refractivity (Wildman–Crippen MR) is 77.6 cm³/mol. The maximum Gasteiger partial charge on any atom is 0.260 e. The number of rotatable bonds is 2. The second kappa shape index (κ2) is 6.10. The average molecular weight is 357 g/mol. The highest BCUT2D eigenvalue weighted by Crippen LogP contribution is 2.34. The molecule has 0 spiro atoms. The molecule has 0 atom stereocenters. The minimum atomic E-state index is -0.971. The van der Waals surface area contributed by atoms with Crippen LogP contribution in [0.1, 0.15) is 42.5 Å². The number of benzene rings is 1. The first-order valence-corrected chi connectivity index (χ1v) is 7.54. The lowest BCUT2D eigenvalue weighted by Gasteiger charge is -2.39. The van der Waals surface area contributed by atoms with E-state index in [4.69, 9.17) is 0 Å². The summed E-state index contributed by atoms with van der Waals surface area (Å²) in [6, 6.07) is 4.26. The Morgan fingerprint density at radius 3 is 2.29 bits per heavy atom.